The van der Waals surface area contributed by atoms with Crippen LogP contribution in [-0.2, 0) is 6.54 Å². The molecule has 96 valence electrons. The Morgan fingerprint density at radius 2 is 1.88 bits per heavy atom. The molecule has 2 N–H and O–H groups in total. The Kier molecular flexibility index (Phi) is 6.23. The van der Waals surface area contributed by atoms with Crippen LogP contribution in [0.2, 0.25) is 0 Å². The van der Waals surface area contributed by atoms with Crippen LogP contribution >= 0.6 is 0 Å². The van der Waals surface area contributed by atoms with Crippen LogP contribution in [0.15, 0.2) is 18.2 Å². The topological polar surface area (TPSA) is 32.3 Å². The van der Waals surface area contributed by atoms with Gasteiger partial charge in [-0.05, 0) is 55.8 Å². The Labute approximate surface area is 105 Å². The lowest BCUT2D eigenvalue weighted by molar-refractivity contribution is 0.228. The molecule has 17 heavy (non-hydrogen) atoms. The van der Waals surface area contributed by atoms with Crippen molar-refractivity contribution in [1.29, 1.82) is 0 Å². The lowest BCUT2D eigenvalue weighted by Crippen LogP contribution is -2.17. The molecule has 0 saturated carbocycles. The van der Waals surface area contributed by atoms with Gasteiger partial charge in [-0.25, -0.2) is 0 Å². The van der Waals surface area contributed by atoms with Crippen molar-refractivity contribution >= 4 is 0 Å². The molecule has 2 heteroatoms. The van der Waals surface area contributed by atoms with E-state index in [0.717, 1.165) is 25.9 Å². The van der Waals surface area contributed by atoms with E-state index in [4.69, 9.17) is 5.11 Å². The zero-order valence-electron chi connectivity index (χ0n) is 11.3. The molecule has 0 aliphatic heterocycles. The average molecular weight is 235 g/mol. The molecule has 0 spiro atoms. The number of aryl methyl sites for hydroxylation is 2. The van der Waals surface area contributed by atoms with Gasteiger partial charge in [-0.1, -0.05) is 25.1 Å². The second kappa shape index (κ2) is 7.46. The zero-order chi connectivity index (χ0) is 12.7. The first-order chi connectivity index (χ1) is 8.15. The molecular weight excluding hydrogens is 210 g/mol. The first-order valence-electron chi connectivity index (χ1n) is 6.51. The minimum atomic E-state index is 0.302. The van der Waals surface area contributed by atoms with Gasteiger partial charge in [-0.3, -0.25) is 0 Å². The van der Waals surface area contributed by atoms with E-state index in [-0.39, 0.29) is 0 Å². The van der Waals surface area contributed by atoms with Crippen molar-refractivity contribution in [3.8, 4) is 0 Å². The minimum Gasteiger partial charge on any atom is -0.396 e. The molecule has 0 radical (unpaired) electrons. The highest BCUT2D eigenvalue weighted by atomic mass is 16.3. The number of nitrogens with one attached hydrogen (secondary N) is 1. The summed E-state index contributed by atoms with van der Waals surface area (Å²) < 4.78 is 0. The van der Waals surface area contributed by atoms with Crippen molar-refractivity contribution in [3.05, 3.63) is 34.9 Å². The maximum Gasteiger partial charge on any atom is 0.0456 e. The Hall–Kier alpha value is -0.860. The van der Waals surface area contributed by atoms with Crippen molar-refractivity contribution in [2.45, 2.75) is 40.2 Å². The minimum absolute atomic E-state index is 0.302. The van der Waals surface area contributed by atoms with Gasteiger partial charge in [0.2, 0.25) is 0 Å². The van der Waals surface area contributed by atoms with Crippen LogP contribution in [0.1, 0.15) is 36.5 Å². The second-order valence-corrected chi connectivity index (χ2v) is 4.98. The third-order valence-corrected chi connectivity index (χ3v) is 3.31. The predicted octanol–water partition coefficient (Wildman–Crippen LogP) is 2.80. The Morgan fingerprint density at radius 3 is 2.47 bits per heavy atom. The summed E-state index contributed by atoms with van der Waals surface area (Å²) in [6.07, 6.45) is 2.23. The Morgan fingerprint density at radius 1 is 1.24 bits per heavy atom. The summed E-state index contributed by atoms with van der Waals surface area (Å²) in [7, 11) is 0. The van der Waals surface area contributed by atoms with Crippen LogP contribution in [-0.4, -0.2) is 18.3 Å². The molecule has 0 heterocycles. The molecule has 0 aromatic heterocycles. The maximum absolute atomic E-state index is 8.92. The van der Waals surface area contributed by atoms with Gasteiger partial charge < -0.3 is 10.4 Å². The average Bonchev–Trinajstić information content (AvgIpc) is 2.31. The first-order valence-corrected chi connectivity index (χ1v) is 6.51. The molecular formula is C15H25NO. The first kappa shape index (κ1) is 14.2. The van der Waals surface area contributed by atoms with Gasteiger partial charge in [-0.2, -0.15) is 0 Å². The van der Waals surface area contributed by atoms with Crippen LogP contribution in [0, 0.1) is 19.8 Å². The van der Waals surface area contributed by atoms with Crippen LogP contribution < -0.4 is 5.32 Å². The molecule has 0 bridgehead atoms. The molecule has 1 unspecified atom stereocenters. The van der Waals surface area contributed by atoms with Crippen LogP contribution in [0.3, 0.4) is 0 Å². The zero-order valence-corrected chi connectivity index (χ0v) is 11.3. The summed E-state index contributed by atoms with van der Waals surface area (Å²) in [5, 5.41) is 12.4. The summed E-state index contributed by atoms with van der Waals surface area (Å²) >= 11 is 0. The molecule has 0 aliphatic rings. The normalized spacial score (nSPS) is 12.7. The van der Waals surface area contributed by atoms with E-state index in [9.17, 15) is 0 Å². The van der Waals surface area contributed by atoms with Crippen LogP contribution in [0.25, 0.3) is 0 Å². The fourth-order valence-corrected chi connectivity index (χ4v) is 2.01. The number of rotatable bonds is 7. The van der Waals surface area contributed by atoms with Crippen LogP contribution in [0.4, 0.5) is 0 Å². The molecule has 0 aliphatic carbocycles. The summed E-state index contributed by atoms with van der Waals surface area (Å²) in [5.41, 5.74) is 4.14. The third-order valence-electron chi connectivity index (χ3n) is 3.31. The molecule has 0 amide bonds. The Balaban J connectivity index is 2.27. The van der Waals surface area contributed by atoms with Gasteiger partial charge >= 0.3 is 0 Å². The van der Waals surface area contributed by atoms with Crippen molar-refractivity contribution < 1.29 is 5.11 Å². The monoisotopic (exact) mass is 235 g/mol. The molecule has 2 nitrogen and oxygen atoms in total. The van der Waals surface area contributed by atoms with Gasteiger partial charge in [0.25, 0.3) is 0 Å². The van der Waals surface area contributed by atoms with Gasteiger partial charge in [0.1, 0.15) is 0 Å². The molecule has 1 atom stereocenters. The standard InChI is InChI=1S/C15H25NO/c1-12(11-17)6-5-9-16-10-15-13(2)7-4-8-14(15)3/h4,7-8,12,16-17H,5-6,9-11H2,1-3H3. The van der Waals surface area contributed by atoms with Crippen molar-refractivity contribution in [3.63, 3.8) is 0 Å². The third kappa shape index (κ3) is 4.88. The van der Waals surface area contributed by atoms with E-state index in [1.165, 1.54) is 16.7 Å². The highest BCUT2D eigenvalue weighted by molar-refractivity contribution is 5.33. The maximum atomic E-state index is 8.92. The summed E-state index contributed by atoms with van der Waals surface area (Å²) in [6, 6.07) is 6.44. The molecule has 0 fully saturated rings. The molecule has 0 saturated heterocycles. The van der Waals surface area contributed by atoms with Crippen molar-refractivity contribution in [2.24, 2.45) is 5.92 Å². The SMILES string of the molecule is Cc1cccc(C)c1CNCCCC(C)CO. The number of aliphatic hydroxyl groups is 1. The summed E-state index contributed by atoms with van der Waals surface area (Å²) in [5.74, 6) is 0.428. The Bertz CT molecular complexity index is 315. The van der Waals surface area contributed by atoms with E-state index >= 15 is 0 Å². The van der Waals surface area contributed by atoms with Gasteiger partial charge in [-0.15, -0.1) is 0 Å². The number of hydrogen-bond acceptors (Lipinski definition) is 2. The van der Waals surface area contributed by atoms with Gasteiger partial charge in [0.15, 0.2) is 0 Å². The molecule has 1 aromatic carbocycles. The largest absolute Gasteiger partial charge is 0.396 e. The van der Waals surface area contributed by atoms with E-state index in [2.05, 4.69) is 44.3 Å². The van der Waals surface area contributed by atoms with E-state index in [1.807, 2.05) is 0 Å². The van der Waals surface area contributed by atoms with E-state index in [0.29, 0.717) is 12.5 Å². The lowest BCUT2D eigenvalue weighted by Gasteiger charge is -2.12. The lowest BCUT2D eigenvalue weighted by atomic mass is 10.0. The fourth-order valence-electron chi connectivity index (χ4n) is 2.01. The highest BCUT2D eigenvalue weighted by Gasteiger charge is 2.02. The van der Waals surface area contributed by atoms with Gasteiger partial charge in [0.05, 0.1) is 0 Å². The number of aliphatic hydroxyl groups excluding tert-OH is 1. The molecule has 1 rings (SSSR count). The van der Waals surface area contributed by atoms with E-state index in [1.54, 1.807) is 0 Å². The molecule has 1 aromatic rings. The van der Waals surface area contributed by atoms with Crippen molar-refractivity contribution in [1.82, 2.24) is 5.32 Å². The fraction of sp³-hybridized carbons (Fsp3) is 0.600. The van der Waals surface area contributed by atoms with Crippen LogP contribution in [0.5, 0.6) is 0 Å². The highest BCUT2D eigenvalue weighted by Crippen LogP contribution is 2.12. The quantitative estimate of drug-likeness (QED) is 0.712. The number of benzene rings is 1. The number of hydrogen-bond donors (Lipinski definition) is 2. The van der Waals surface area contributed by atoms with E-state index < -0.39 is 0 Å². The van der Waals surface area contributed by atoms with Crippen molar-refractivity contribution in [2.75, 3.05) is 13.2 Å². The summed E-state index contributed by atoms with van der Waals surface area (Å²) in [6.45, 7) is 8.70. The second-order valence-electron chi connectivity index (χ2n) is 4.98. The predicted molar refractivity (Wildman–Crippen MR) is 73.1 cm³/mol. The van der Waals surface area contributed by atoms with Gasteiger partial charge in [0, 0.05) is 13.2 Å². The smallest absolute Gasteiger partial charge is 0.0456 e. The summed E-state index contributed by atoms with van der Waals surface area (Å²) in [4.78, 5) is 0.